The summed E-state index contributed by atoms with van der Waals surface area (Å²) in [6.07, 6.45) is 5.24. The highest BCUT2D eigenvalue weighted by atomic mass is 79.9. The number of rotatable bonds is 5. The van der Waals surface area contributed by atoms with Crippen LogP contribution in [0.15, 0.2) is 28.7 Å². The Morgan fingerprint density at radius 2 is 2.06 bits per heavy atom. The van der Waals surface area contributed by atoms with Crippen LogP contribution in [0, 0.1) is 0 Å². The van der Waals surface area contributed by atoms with Gasteiger partial charge in [-0.1, -0.05) is 47.5 Å². The molecular formula is C14H20BrN. The van der Waals surface area contributed by atoms with E-state index in [1.54, 1.807) is 0 Å². The Kier molecular flexibility index (Phi) is 4.04. The number of hydrogen-bond acceptors (Lipinski definition) is 1. The molecule has 0 aromatic heterocycles. The predicted octanol–water partition coefficient (Wildman–Crippen LogP) is 3.87. The molecular weight excluding hydrogens is 262 g/mol. The Labute approximate surface area is 107 Å². The monoisotopic (exact) mass is 281 g/mol. The van der Waals surface area contributed by atoms with Crippen molar-refractivity contribution in [1.29, 1.82) is 0 Å². The molecule has 1 aliphatic rings. The molecule has 0 radical (unpaired) electrons. The molecule has 0 saturated heterocycles. The Morgan fingerprint density at radius 1 is 1.31 bits per heavy atom. The van der Waals surface area contributed by atoms with E-state index < -0.39 is 0 Å². The summed E-state index contributed by atoms with van der Waals surface area (Å²) in [6, 6.07) is 8.69. The van der Waals surface area contributed by atoms with Crippen LogP contribution in [-0.4, -0.2) is 13.1 Å². The summed E-state index contributed by atoms with van der Waals surface area (Å²) >= 11 is 3.69. The first kappa shape index (κ1) is 12.1. The van der Waals surface area contributed by atoms with Gasteiger partial charge in [0, 0.05) is 16.4 Å². The van der Waals surface area contributed by atoms with Crippen LogP contribution in [0.3, 0.4) is 0 Å². The van der Waals surface area contributed by atoms with Crippen molar-refractivity contribution in [3.8, 4) is 0 Å². The Hall–Kier alpha value is -0.340. The van der Waals surface area contributed by atoms with Crippen molar-refractivity contribution >= 4 is 15.9 Å². The van der Waals surface area contributed by atoms with E-state index in [-0.39, 0.29) is 0 Å². The summed E-state index contributed by atoms with van der Waals surface area (Å²) in [5, 5.41) is 3.58. The van der Waals surface area contributed by atoms with Crippen molar-refractivity contribution in [2.24, 2.45) is 0 Å². The van der Waals surface area contributed by atoms with E-state index >= 15 is 0 Å². The van der Waals surface area contributed by atoms with E-state index in [1.165, 1.54) is 35.7 Å². The smallest absolute Gasteiger partial charge is 0.0213 e. The van der Waals surface area contributed by atoms with Crippen LogP contribution < -0.4 is 5.32 Å². The van der Waals surface area contributed by atoms with E-state index in [0.29, 0.717) is 5.41 Å². The van der Waals surface area contributed by atoms with Crippen molar-refractivity contribution in [3.05, 3.63) is 34.3 Å². The lowest BCUT2D eigenvalue weighted by atomic mass is 9.64. The third-order valence-electron chi connectivity index (χ3n) is 3.65. The number of benzene rings is 1. The van der Waals surface area contributed by atoms with Gasteiger partial charge in [0.2, 0.25) is 0 Å². The molecule has 0 atom stereocenters. The standard InChI is InChI=1S/C14H20BrN/c1-2-10-16-11-14(8-5-9-14)12-6-3-4-7-13(12)15/h3-4,6-7,16H,2,5,8-11H2,1H3. The van der Waals surface area contributed by atoms with Crippen LogP contribution in [0.4, 0.5) is 0 Å². The SMILES string of the molecule is CCCNCC1(c2ccccc2Br)CCC1. The second-order valence-corrected chi connectivity index (χ2v) is 5.64. The van der Waals surface area contributed by atoms with E-state index in [9.17, 15) is 0 Å². The second-order valence-electron chi connectivity index (χ2n) is 4.79. The van der Waals surface area contributed by atoms with Crippen molar-refractivity contribution in [3.63, 3.8) is 0 Å². The summed E-state index contributed by atoms with van der Waals surface area (Å²) in [5.41, 5.74) is 1.89. The molecule has 0 heterocycles. The molecule has 1 saturated carbocycles. The molecule has 0 amide bonds. The highest BCUT2D eigenvalue weighted by molar-refractivity contribution is 9.10. The van der Waals surface area contributed by atoms with Gasteiger partial charge in [0.25, 0.3) is 0 Å². The number of nitrogens with one attached hydrogen (secondary N) is 1. The summed E-state index contributed by atoms with van der Waals surface area (Å²) in [5.74, 6) is 0. The molecule has 1 aromatic rings. The fraction of sp³-hybridized carbons (Fsp3) is 0.571. The van der Waals surface area contributed by atoms with Crippen molar-refractivity contribution in [1.82, 2.24) is 5.32 Å². The molecule has 0 aliphatic heterocycles. The molecule has 16 heavy (non-hydrogen) atoms. The minimum Gasteiger partial charge on any atom is -0.316 e. The zero-order chi connectivity index (χ0) is 11.4. The van der Waals surface area contributed by atoms with Crippen molar-refractivity contribution in [2.75, 3.05) is 13.1 Å². The van der Waals surface area contributed by atoms with Gasteiger partial charge in [0.15, 0.2) is 0 Å². The molecule has 1 aliphatic carbocycles. The van der Waals surface area contributed by atoms with Gasteiger partial charge in [0.05, 0.1) is 0 Å². The molecule has 0 bridgehead atoms. The largest absolute Gasteiger partial charge is 0.316 e. The van der Waals surface area contributed by atoms with Gasteiger partial charge < -0.3 is 5.32 Å². The fourth-order valence-electron chi connectivity index (χ4n) is 2.54. The van der Waals surface area contributed by atoms with Crippen LogP contribution in [0.5, 0.6) is 0 Å². The van der Waals surface area contributed by atoms with Crippen molar-refractivity contribution < 1.29 is 0 Å². The van der Waals surface area contributed by atoms with Gasteiger partial charge in [-0.25, -0.2) is 0 Å². The first-order chi connectivity index (χ1) is 7.78. The maximum absolute atomic E-state index is 3.69. The molecule has 2 rings (SSSR count). The van der Waals surface area contributed by atoms with Crippen molar-refractivity contribution in [2.45, 2.75) is 38.0 Å². The topological polar surface area (TPSA) is 12.0 Å². The van der Waals surface area contributed by atoms with E-state index in [4.69, 9.17) is 0 Å². The van der Waals surface area contributed by atoms with E-state index in [2.05, 4.69) is 52.4 Å². The lowest BCUT2D eigenvalue weighted by Gasteiger charge is -2.43. The normalized spacial score (nSPS) is 18.1. The van der Waals surface area contributed by atoms with Gasteiger partial charge in [-0.3, -0.25) is 0 Å². The first-order valence-electron chi connectivity index (χ1n) is 6.24. The molecule has 1 fully saturated rings. The molecule has 1 N–H and O–H groups in total. The van der Waals surface area contributed by atoms with Gasteiger partial charge in [-0.2, -0.15) is 0 Å². The minimum atomic E-state index is 0.398. The minimum absolute atomic E-state index is 0.398. The van der Waals surface area contributed by atoms with E-state index in [0.717, 1.165) is 13.1 Å². The number of halogens is 1. The zero-order valence-corrected chi connectivity index (χ0v) is 11.5. The average Bonchev–Trinajstić information content (AvgIpc) is 2.24. The second kappa shape index (κ2) is 5.33. The molecule has 1 aromatic carbocycles. The number of hydrogen-bond donors (Lipinski definition) is 1. The molecule has 88 valence electrons. The lowest BCUT2D eigenvalue weighted by Crippen LogP contribution is -2.44. The zero-order valence-electron chi connectivity index (χ0n) is 9.93. The molecule has 0 unspecified atom stereocenters. The van der Waals surface area contributed by atoms with Crippen LogP contribution >= 0.6 is 15.9 Å². The highest BCUT2D eigenvalue weighted by Crippen LogP contribution is 2.45. The van der Waals surface area contributed by atoms with Crippen LogP contribution in [0.1, 0.15) is 38.2 Å². The molecule has 2 heteroatoms. The van der Waals surface area contributed by atoms with Gasteiger partial charge >= 0.3 is 0 Å². The maximum atomic E-state index is 3.69. The van der Waals surface area contributed by atoms with Crippen LogP contribution in [0.25, 0.3) is 0 Å². The Morgan fingerprint density at radius 3 is 2.62 bits per heavy atom. The Balaban J connectivity index is 2.12. The van der Waals surface area contributed by atoms with Gasteiger partial charge in [-0.15, -0.1) is 0 Å². The summed E-state index contributed by atoms with van der Waals surface area (Å²) < 4.78 is 1.27. The van der Waals surface area contributed by atoms with Gasteiger partial charge in [-0.05, 0) is 37.4 Å². The first-order valence-corrected chi connectivity index (χ1v) is 7.03. The predicted molar refractivity (Wildman–Crippen MR) is 72.8 cm³/mol. The fourth-order valence-corrected chi connectivity index (χ4v) is 3.25. The average molecular weight is 282 g/mol. The third kappa shape index (κ3) is 2.33. The molecule has 1 nitrogen and oxygen atoms in total. The summed E-state index contributed by atoms with van der Waals surface area (Å²) in [7, 11) is 0. The molecule has 0 spiro atoms. The van der Waals surface area contributed by atoms with E-state index in [1.807, 2.05) is 0 Å². The Bertz CT molecular complexity index is 344. The maximum Gasteiger partial charge on any atom is 0.0213 e. The quantitative estimate of drug-likeness (QED) is 0.808. The van der Waals surface area contributed by atoms with Gasteiger partial charge in [0.1, 0.15) is 0 Å². The lowest BCUT2D eigenvalue weighted by molar-refractivity contribution is 0.233. The third-order valence-corrected chi connectivity index (χ3v) is 4.34. The van der Waals surface area contributed by atoms with Crippen LogP contribution in [0.2, 0.25) is 0 Å². The highest BCUT2D eigenvalue weighted by Gasteiger charge is 2.39. The summed E-state index contributed by atoms with van der Waals surface area (Å²) in [6.45, 7) is 4.48. The van der Waals surface area contributed by atoms with Crippen LogP contribution in [-0.2, 0) is 5.41 Å². The summed E-state index contributed by atoms with van der Waals surface area (Å²) in [4.78, 5) is 0.